The number of nitrogens with zero attached hydrogens (tertiary/aromatic N) is 1. The largest absolute Gasteiger partial charge is 0.494 e. The van der Waals surface area contributed by atoms with E-state index in [4.69, 9.17) is 25.8 Å². The van der Waals surface area contributed by atoms with Gasteiger partial charge in [0.15, 0.2) is 0 Å². The van der Waals surface area contributed by atoms with E-state index in [0.717, 1.165) is 11.1 Å². The molecule has 1 aliphatic heterocycles. The van der Waals surface area contributed by atoms with Gasteiger partial charge in [-0.25, -0.2) is 9.59 Å². The Labute approximate surface area is 199 Å². The Balaban J connectivity index is 2.08. The monoisotopic (exact) mass is 469 g/mol. The SMILES string of the molecule is CCOC(=O)C1=CN(Cc2ccc(Cl)cc2)C=C(C(=O)OCC)C1c1cccc(OCC)c1. The van der Waals surface area contributed by atoms with Gasteiger partial charge in [0.2, 0.25) is 0 Å². The van der Waals surface area contributed by atoms with Crippen LogP contribution in [-0.4, -0.2) is 36.7 Å². The number of halogens is 1. The van der Waals surface area contributed by atoms with Crippen LogP contribution in [0.1, 0.15) is 37.8 Å². The molecule has 0 saturated carbocycles. The summed E-state index contributed by atoms with van der Waals surface area (Å²) in [5.74, 6) is -0.962. The summed E-state index contributed by atoms with van der Waals surface area (Å²) < 4.78 is 16.3. The molecule has 0 fully saturated rings. The van der Waals surface area contributed by atoms with Gasteiger partial charge < -0.3 is 19.1 Å². The fourth-order valence-corrected chi connectivity index (χ4v) is 3.81. The molecule has 2 aromatic rings. The zero-order valence-electron chi connectivity index (χ0n) is 19.0. The molecule has 0 bridgehead atoms. The highest BCUT2D eigenvalue weighted by atomic mass is 35.5. The number of esters is 2. The van der Waals surface area contributed by atoms with E-state index in [1.165, 1.54) is 0 Å². The van der Waals surface area contributed by atoms with Crippen LogP contribution in [-0.2, 0) is 25.6 Å². The number of carbonyl (C=O) groups is 2. The molecule has 1 heterocycles. The molecule has 33 heavy (non-hydrogen) atoms. The van der Waals surface area contributed by atoms with Crippen molar-refractivity contribution in [2.24, 2.45) is 0 Å². The predicted molar refractivity (Wildman–Crippen MR) is 127 cm³/mol. The molecule has 0 N–H and O–H groups in total. The van der Waals surface area contributed by atoms with E-state index in [2.05, 4.69) is 0 Å². The van der Waals surface area contributed by atoms with E-state index >= 15 is 0 Å². The van der Waals surface area contributed by atoms with E-state index in [1.54, 1.807) is 43.3 Å². The normalized spacial score (nSPS) is 13.8. The summed E-state index contributed by atoms with van der Waals surface area (Å²) in [6, 6.07) is 14.8. The second kappa shape index (κ2) is 11.6. The molecule has 0 amide bonds. The van der Waals surface area contributed by atoms with Crippen molar-refractivity contribution in [3.8, 4) is 5.75 Å². The molecule has 0 unspecified atom stereocenters. The van der Waals surface area contributed by atoms with Crippen LogP contribution in [0.3, 0.4) is 0 Å². The highest BCUT2D eigenvalue weighted by Crippen LogP contribution is 2.38. The van der Waals surface area contributed by atoms with Gasteiger partial charge in [0.05, 0.1) is 36.9 Å². The summed E-state index contributed by atoms with van der Waals surface area (Å²) in [6.07, 6.45) is 3.46. The molecule has 6 nitrogen and oxygen atoms in total. The summed E-state index contributed by atoms with van der Waals surface area (Å²) in [5.41, 5.74) is 2.41. The fourth-order valence-electron chi connectivity index (χ4n) is 3.68. The van der Waals surface area contributed by atoms with E-state index in [0.29, 0.717) is 35.1 Å². The van der Waals surface area contributed by atoms with Gasteiger partial charge in [0.25, 0.3) is 0 Å². The zero-order valence-corrected chi connectivity index (χ0v) is 19.8. The van der Waals surface area contributed by atoms with Crippen molar-refractivity contribution >= 4 is 23.5 Å². The first-order valence-electron chi connectivity index (χ1n) is 11.0. The molecule has 0 saturated heterocycles. The van der Waals surface area contributed by atoms with Gasteiger partial charge in [0.1, 0.15) is 5.75 Å². The molecule has 2 aromatic carbocycles. The maximum absolute atomic E-state index is 13.0. The predicted octanol–water partition coefficient (Wildman–Crippen LogP) is 5.23. The van der Waals surface area contributed by atoms with Gasteiger partial charge in [-0.15, -0.1) is 0 Å². The topological polar surface area (TPSA) is 65.1 Å². The molecule has 1 aliphatic rings. The Morgan fingerprint density at radius 1 is 0.879 bits per heavy atom. The lowest BCUT2D eigenvalue weighted by atomic mass is 9.83. The Hall–Kier alpha value is -3.25. The Morgan fingerprint density at radius 2 is 1.48 bits per heavy atom. The molecule has 3 rings (SSSR count). The Kier molecular flexibility index (Phi) is 8.55. The lowest BCUT2D eigenvalue weighted by molar-refractivity contribution is -0.139. The minimum absolute atomic E-state index is 0.220. The minimum Gasteiger partial charge on any atom is -0.494 e. The van der Waals surface area contributed by atoms with Gasteiger partial charge in [-0.3, -0.25) is 0 Å². The molecule has 7 heteroatoms. The number of benzene rings is 2. The van der Waals surface area contributed by atoms with Crippen molar-refractivity contribution in [3.63, 3.8) is 0 Å². The first-order chi connectivity index (χ1) is 16.0. The lowest BCUT2D eigenvalue weighted by Gasteiger charge is -2.30. The number of hydrogen-bond donors (Lipinski definition) is 0. The van der Waals surface area contributed by atoms with E-state index in [-0.39, 0.29) is 13.2 Å². The number of carbonyl (C=O) groups excluding carboxylic acids is 2. The molecule has 0 aromatic heterocycles. The van der Waals surface area contributed by atoms with Crippen LogP contribution < -0.4 is 4.74 Å². The molecule has 0 atom stereocenters. The quantitative estimate of drug-likeness (QED) is 0.468. The van der Waals surface area contributed by atoms with Crippen molar-refractivity contribution < 1.29 is 23.8 Å². The highest BCUT2D eigenvalue weighted by Gasteiger charge is 2.35. The van der Waals surface area contributed by atoms with Crippen molar-refractivity contribution in [2.45, 2.75) is 33.2 Å². The maximum Gasteiger partial charge on any atom is 0.336 e. The van der Waals surface area contributed by atoms with Gasteiger partial charge >= 0.3 is 11.9 Å². The summed E-state index contributed by atoms with van der Waals surface area (Å²) in [7, 11) is 0. The standard InChI is InChI=1S/C26H28ClNO5/c1-4-31-21-9-7-8-19(14-21)24-22(25(29)32-5-2)16-28(17-23(24)26(30)33-6-3)15-18-10-12-20(27)13-11-18/h7-14,16-17,24H,4-6,15H2,1-3H3. The third-order valence-electron chi connectivity index (χ3n) is 5.03. The zero-order chi connectivity index (χ0) is 23.8. The van der Waals surface area contributed by atoms with Crippen molar-refractivity contribution in [1.29, 1.82) is 0 Å². The van der Waals surface area contributed by atoms with Gasteiger partial charge in [-0.05, 0) is 56.2 Å². The van der Waals surface area contributed by atoms with Crippen LogP contribution in [0.25, 0.3) is 0 Å². The summed E-state index contributed by atoms with van der Waals surface area (Å²) in [4.78, 5) is 27.8. The highest BCUT2D eigenvalue weighted by molar-refractivity contribution is 6.30. The first-order valence-corrected chi connectivity index (χ1v) is 11.3. The van der Waals surface area contributed by atoms with Gasteiger partial charge in [-0.1, -0.05) is 35.9 Å². The Bertz CT molecular complexity index is 1010. The van der Waals surface area contributed by atoms with Crippen LogP contribution in [0.4, 0.5) is 0 Å². The second-order valence-electron chi connectivity index (χ2n) is 7.35. The third-order valence-corrected chi connectivity index (χ3v) is 5.29. The summed E-state index contributed by atoms with van der Waals surface area (Å²) in [5, 5.41) is 0.636. The molecule has 0 spiro atoms. The van der Waals surface area contributed by atoms with Crippen molar-refractivity contribution in [3.05, 3.63) is 88.2 Å². The van der Waals surface area contributed by atoms with Crippen molar-refractivity contribution in [1.82, 2.24) is 4.90 Å². The van der Waals surface area contributed by atoms with Crippen molar-refractivity contribution in [2.75, 3.05) is 19.8 Å². The molecule has 174 valence electrons. The van der Waals surface area contributed by atoms with Gasteiger partial charge in [-0.2, -0.15) is 0 Å². The van der Waals surface area contributed by atoms with Crippen LogP contribution in [0.2, 0.25) is 5.02 Å². The van der Waals surface area contributed by atoms with Crippen LogP contribution in [0, 0.1) is 0 Å². The van der Waals surface area contributed by atoms with E-state index in [1.807, 2.05) is 43.3 Å². The smallest absolute Gasteiger partial charge is 0.336 e. The van der Waals surface area contributed by atoms with Gasteiger partial charge in [0, 0.05) is 24.0 Å². The summed E-state index contributed by atoms with van der Waals surface area (Å²) in [6.45, 7) is 6.78. The molecular formula is C26H28ClNO5. The third kappa shape index (κ3) is 6.17. The number of rotatable bonds is 9. The molecule has 0 radical (unpaired) electrons. The maximum atomic E-state index is 13.0. The average molecular weight is 470 g/mol. The Morgan fingerprint density at radius 3 is 2.03 bits per heavy atom. The fraction of sp³-hybridized carbons (Fsp3) is 0.308. The van der Waals surface area contributed by atoms with Crippen LogP contribution >= 0.6 is 11.6 Å². The lowest BCUT2D eigenvalue weighted by Crippen LogP contribution is -2.29. The number of hydrogen-bond acceptors (Lipinski definition) is 6. The number of ether oxygens (including phenoxy) is 3. The first kappa shape index (κ1) is 24.4. The minimum atomic E-state index is -0.648. The van der Waals surface area contributed by atoms with Crippen LogP contribution in [0.5, 0.6) is 5.75 Å². The molecular weight excluding hydrogens is 442 g/mol. The van der Waals surface area contributed by atoms with E-state index < -0.39 is 17.9 Å². The summed E-state index contributed by atoms with van der Waals surface area (Å²) >= 11 is 6.01. The average Bonchev–Trinajstić information content (AvgIpc) is 2.81. The van der Waals surface area contributed by atoms with Crippen LogP contribution in [0.15, 0.2) is 72.1 Å². The van der Waals surface area contributed by atoms with E-state index in [9.17, 15) is 9.59 Å². The molecule has 0 aliphatic carbocycles. The second-order valence-corrected chi connectivity index (χ2v) is 7.78.